The average molecular weight is 345 g/mol. The zero-order chi connectivity index (χ0) is 17.1. The largest absolute Gasteiger partial charge is 0.351 e. The molecular weight excluding hydrogens is 332 g/mol. The molecule has 24 heavy (non-hydrogen) atoms. The van der Waals surface area contributed by atoms with Gasteiger partial charge in [-0.05, 0) is 24.3 Å². The van der Waals surface area contributed by atoms with Crippen molar-refractivity contribution in [3.05, 3.63) is 69.0 Å². The number of benzene rings is 2. The Morgan fingerprint density at radius 1 is 1.29 bits per heavy atom. The third kappa shape index (κ3) is 3.36. The van der Waals surface area contributed by atoms with Crippen LogP contribution in [0.5, 0.6) is 0 Å². The summed E-state index contributed by atoms with van der Waals surface area (Å²) in [5.74, 6) is 0.219. The Hall–Kier alpha value is -2.93. The molecule has 0 spiro atoms. The predicted molar refractivity (Wildman–Crippen MR) is 90.2 cm³/mol. The number of nitrogens with one attached hydrogen (secondary N) is 2. The number of aromatic amines is 1. The van der Waals surface area contributed by atoms with E-state index in [0.717, 1.165) is 22.9 Å². The monoisotopic (exact) mass is 344 g/mol. The number of carbonyl (C=O) groups excluding carboxylic acids is 1. The van der Waals surface area contributed by atoms with Gasteiger partial charge in [0.1, 0.15) is 11.4 Å². The molecule has 0 atom stereocenters. The van der Waals surface area contributed by atoms with Crippen molar-refractivity contribution >= 4 is 34.2 Å². The Morgan fingerprint density at radius 2 is 2.08 bits per heavy atom. The van der Waals surface area contributed by atoms with Crippen LogP contribution in [0.3, 0.4) is 0 Å². The van der Waals surface area contributed by atoms with Crippen LogP contribution in [-0.4, -0.2) is 27.3 Å². The molecule has 0 unspecified atom stereocenters. The molecule has 7 nitrogen and oxygen atoms in total. The minimum atomic E-state index is -0.625. The number of hydrogen-bond acceptors (Lipinski definition) is 4. The van der Waals surface area contributed by atoms with Gasteiger partial charge in [0.25, 0.3) is 11.6 Å². The van der Waals surface area contributed by atoms with Crippen LogP contribution in [0.25, 0.3) is 11.0 Å². The first-order valence-electron chi connectivity index (χ1n) is 7.20. The number of fused-ring (bicyclic) bond motifs is 1. The minimum Gasteiger partial charge on any atom is -0.351 e. The number of amides is 1. The van der Waals surface area contributed by atoms with Crippen LogP contribution in [0, 0.1) is 10.1 Å². The lowest BCUT2D eigenvalue weighted by Gasteiger charge is -2.05. The average Bonchev–Trinajstić information content (AvgIpc) is 2.97. The van der Waals surface area contributed by atoms with Gasteiger partial charge in [0.15, 0.2) is 0 Å². The normalized spacial score (nSPS) is 10.7. The van der Waals surface area contributed by atoms with Gasteiger partial charge in [0, 0.05) is 24.1 Å². The summed E-state index contributed by atoms with van der Waals surface area (Å²) >= 11 is 5.74. The Balaban J connectivity index is 1.66. The molecule has 2 aromatic carbocycles. The first-order valence-corrected chi connectivity index (χ1v) is 7.58. The van der Waals surface area contributed by atoms with E-state index >= 15 is 0 Å². The number of rotatable bonds is 5. The second-order valence-corrected chi connectivity index (χ2v) is 5.56. The van der Waals surface area contributed by atoms with Gasteiger partial charge in [-0.25, -0.2) is 4.98 Å². The number of carbonyl (C=O) groups is 1. The van der Waals surface area contributed by atoms with E-state index in [-0.39, 0.29) is 16.3 Å². The van der Waals surface area contributed by atoms with E-state index in [4.69, 9.17) is 11.6 Å². The van der Waals surface area contributed by atoms with Crippen molar-refractivity contribution in [2.75, 3.05) is 6.54 Å². The molecule has 8 heteroatoms. The molecule has 122 valence electrons. The Bertz CT molecular complexity index is 890. The summed E-state index contributed by atoms with van der Waals surface area (Å²) in [6, 6.07) is 11.6. The summed E-state index contributed by atoms with van der Waals surface area (Å²) in [4.78, 5) is 30.1. The first-order chi connectivity index (χ1) is 11.5. The van der Waals surface area contributed by atoms with Gasteiger partial charge < -0.3 is 10.3 Å². The van der Waals surface area contributed by atoms with Crippen molar-refractivity contribution in [2.45, 2.75) is 6.42 Å². The highest BCUT2D eigenvalue weighted by Gasteiger charge is 2.20. The molecule has 0 aliphatic heterocycles. The lowest BCUT2D eigenvalue weighted by molar-refractivity contribution is -0.385. The summed E-state index contributed by atoms with van der Waals surface area (Å²) in [6.45, 7) is 0.304. The number of nitro groups is 1. The molecule has 2 N–H and O–H groups in total. The predicted octanol–water partition coefficient (Wildman–Crippen LogP) is 3.10. The van der Waals surface area contributed by atoms with Gasteiger partial charge >= 0.3 is 0 Å². The van der Waals surface area contributed by atoms with Crippen LogP contribution < -0.4 is 5.32 Å². The molecule has 1 aromatic heterocycles. The van der Waals surface area contributed by atoms with Crippen molar-refractivity contribution in [1.29, 1.82) is 0 Å². The Kier molecular flexibility index (Phi) is 4.43. The number of aromatic nitrogens is 2. The summed E-state index contributed by atoms with van der Waals surface area (Å²) < 4.78 is 0. The van der Waals surface area contributed by atoms with Crippen LogP contribution >= 0.6 is 11.6 Å². The van der Waals surface area contributed by atoms with Crippen molar-refractivity contribution in [2.24, 2.45) is 0 Å². The number of para-hydroxylation sites is 2. The van der Waals surface area contributed by atoms with E-state index in [1.165, 1.54) is 12.1 Å². The minimum absolute atomic E-state index is 0.0194. The van der Waals surface area contributed by atoms with Gasteiger partial charge in [-0.1, -0.05) is 23.7 Å². The lowest BCUT2D eigenvalue weighted by Crippen LogP contribution is -2.26. The van der Waals surface area contributed by atoms with Gasteiger partial charge in [0.2, 0.25) is 0 Å². The van der Waals surface area contributed by atoms with E-state index in [1.54, 1.807) is 0 Å². The number of imidazole rings is 1. The smallest absolute Gasteiger partial charge is 0.283 e. The molecule has 3 rings (SSSR count). The number of halogens is 1. The Morgan fingerprint density at radius 3 is 2.83 bits per heavy atom. The third-order valence-corrected chi connectivity index (χ3v) is 3.72. The quantitative estimate of drug-likeness (QED) is 0.548. The van der Waals surface area contributed by atoms with Crippen molar-refractivity contribution in [3.63, 3.8) is 0 Å². The number of nitro benzene ring substituents is 1. The topological polar surface area (TPSA) is 101 Å². The zero-order valence-electron chi connectivity index (χ0n) is 12.5. The van der Waals surface area contributed by atoms with Gasteiger partial charge in [-0.2, -0.15) is 0 Å². The fourth-order valence-electron chi connectivity index (χ4n) is 2.36. The van der Waals surface area contributed by atoms with Gasteiger partial charge in [0.05, 0.1) is 16.0 Å². The molecule has 3 aromatic rings. The SMILES string of the molecule is O=C(NCCc1nc2ccccc2[nH]1)c1ccc(Cl)cc1[N+](=O)[O-]. The van der Waals surface area contributed by atoms with Gasteiger partial charge in [-0.3, -0.25) is 14.9 Å². The second-order valence-electron chi connectivity index (χ2n) is 5.13. The van der Waals surface area contributed by atoms with Crippen LogP contribution in [0.15, 0.2) is 42.5 Å². The van der Waals surface area contributed by atoms with E-state index in [0.29, 0.717) is 13.0 Å². The van der Waals surface area contributed by atoms with Crippen LogP contribution in [0.4, 0.5) is 5.69 Å². The molecular formula is C16H13ClN4O3. The maximum atomic E-state index is 12.2. The fourth-order valence-corrected chi connectivity index (χ4v) is 2.53. The third-order valence-electron chi connectivity index (χ3n) is 3.49. The molecule has 1 amide bonds. The van der Waals surface area contributed by atoms with Gasteiger partial charge in [-0.15, -0.1) is 0 Å². The highest BCUT2D eigenvalue weighted by atomic mass is 35.5. The van der Waals surface area contributed by atoms with Crippen molar-refractivity contribution < 1.29 is 9.72 Å². The molecule has 1 heterocycles. The Labute approximate surface area is 141 Å². The number of hydrogen-bond donors (Lipinski definition) is 2. The summed E-state index contributed by atoms with van der Waals surface area (Å²) in [5.41, 5.74) is 1.44. The van der Waals surface area contributed by atoms with E-state index < -0.39 is 10.8 Å². The molecule has 0 aliphatic carbocycles. The molecule has 0 bridgehead atoms. The van der Waals surface area contributed by atoms with E-state index in [2.05, 4.69) is 15.3 Å². The molecule has 0 saturated carbocycles. The van der Waals surface area contributed by atoms with Crippen LogP contribution in [0.2, 0.25) is 5.02 Å². The van der Waals surface area contributed by atoms with Crippen LogP contribution in [-0.2, 0) is 6.42 Å². The zero-order valence-corrected chi connectivity index (χ0v) is 13.2. The maximum absolute atomic E-state index is 12.2. The summed E-state index contributed by atoms with van der Waals surface area (Å²) in [6.07, 6.45) is 0.488. The first kappa shape index (κ1) is 15.9. The number of nitrogens with zero attached hydrogens (tertiary/aromatic N) is 2. The lowest BCUT2D eigenvalue weighted by atomic mass is 10.1. The maximum Gasteiger partial charge on any atom is 0.283 e. The standard InChI is InChI=1S/C16H13ClN4O3/c17-10-5-6-11(14(9-10)21(23)24)16(22)18-8-7-15-19-12-3-1-2-4-13(12)20-15/h1-6,9H,7-8H2,(H,18,22)(H,19,20). The van der Waals surface area contributed by atoms with Crippen LogP contribution in [0.1, 0.15) is 16.2 Å². The fraction of sp³-hybridized carbons (Fsp3) is 0.125. The molecule has 0 fully saturated rings. The van der Waals surface area contributed by atoms with E-state index in [1.807, 2.05) is 24.3 Å². The number of H-pyrrole nitrogens is 1. The summed E-state index contributed by atoms with van der Waals surface area (Å²) in [5, 5.41) is 13.9. The second kappa shape index (κ2) is 6.67. The van der Waals surface area contributed by atoms with E-state index in [9.17, 15) is 14.9 Å². The van der Waals surface area contributed by atoms with Crippen molar-refractivity contribution in [1.82, 2.24) is 15.3 Å². The molecule has 0 saturated heterocycles. The van der Waals surface area contributed by atoms with Crippen molar-refractivity contribution in [3.8, 4) is 0 Å². The highest BCUT2D eigenvalue weighted by Crippen LogP contribution is 2.23. The molecule has 0 radical (unpaired) electrons. The summed E-state index contributed by atoms with van der Waals surface area (Å²) in [7, 11) is 0. The molecule has 0 aliphatic rings. The highest BCUT2D eigenvalue weighted by molar-refractivity contribution is 6.31.